The van der Waals surface area contributed by atoms with Crippen molar-refractivity contribution >= 4 is 23.7 Å². The predicted molar refractivity (Wildman–Crippen MR) is 70.0 cm³/mol. The van der Waals surface area contributed by atoms with Gasteiger partial charge >= 0.3 is 6.03 Å². The maximum atomic E-state index is 11.4. The first-order chi connectivity index (χ1) is 7.95. The van der Waals surface area contributed by atoms with Crippen LogP contribution in [0.5, 0.6) is 0 Å². The molecule has 0 aromatic carbocycles. The number of nitrogens with one attached hydrogen (secondary N) is 2. The lowest BCUT2D eigenvalue weighted by Gasteiger charge is -2.10. The molecule has 0 heterocycles. The molecule has 5 nitrogen and oxygen atoms in total. The maximum absolute atomic E-state index is 11.4. The lowest BCUT2D eigenvalue weighted by Crippen LogP contribution is -2.41. The Morgan fingerprint density at radius 1 is 1.29 bits per heavy atom. The molecule has 0 aliphatic rings. The van der Waals surface area contributed by atoms with E-state index in [1.165, 1.54) is 11.8 Å². The van der Waals surface area contributed by atoms with Crippen molar-refractivity contribution in [2.75, 3.05) is 18.9 Å². The second-order valence-electron chi connectivity index (χ2n) is 4.29. The third kappa shape index (κ3) is 10.1. The predicted octanol–water partition coefficient (Wildman–Crippen LogP) is 0.972. The van der Waals surface area contributed by atoms with E-state index >= 15 is 0 Å². The van der Waals surface area contributed by atoms with Crippen LogP contribution in [0.25, 0.3) is 0 Å². The van der Waals surface area contributed by atoms with Crippen LogP contribution >= 0.6 is 11.8 Å². The molecule has 0 aliphatic heterocycles. The van der Waals surface area contributed by atoms with Crippen LogP contribution in [-0.2, 0) is 4.79 Å². The Hall–Kier alpha value is -0.750. The third-order valence-corrected chi connectivity index (χ3v) is 3.19. The molecule has 0 spiro atoms. The lowest BCUT2D eigenvalue weighted by atomic mass is 10.2. The van der Waals surface area contributed by atoms with Gasteiger partial charge in [0.2, 0.25) is 5.91 Å². The van der Waals surface area contributed by atoms with Crippen LogP contribution in [-0.4, -0.2) is 41.2 Å². The van der Waals surface area contributed by atoms with Gasteiger partial charge < -0.3 is 10.4 Å². The van der Waals surface area contributed by atoms with Gasteiger partial charge in [-0.05, 0) is 12.3 Å². The van der Waals surface area contributed by atoms with E-state index in [1.54, 1.807) is 0 Å². The Balaban J connectivity index is 3.67. The molecule has 0 rings (SSSR count). The van der Waals surface area contributed by atoms with Gasteiger partial charge in [0, 0.05) is 18.4 Å². The first-order valence-corrected chi connectivity index (χ1v) is 6.80. The summed E-state index contributed by atoms with van der Waals surface area (Å²) in [4.78, 5) is 22.6. The van der Waals surface area contributed by atoms with Gasteiger partial charge in [-0.3, -0.25) is 10.1 Å². The molecule has 100 valence electrons. The zero-order valence-corrected chi connectivity index (χ0v) is 11.5. The average molecular weight is 262 g/mol. The number of hydrogen-bond donors (Lipinski definition) is 3. The molecule has 0 saturated heterocycles. The van der Waals surface area contributed by atoms with Crippen LogP contribution in [0, 0.1) is 5.92 Å². The van der Waals surface area contributed by atoms with E-state index in [1.807, 2.05) is 20.8 Å². The van der Waals surface area contributed by atoms with Gasteiger partial charge in [-0.25, -0.2) is 4.79 Å². The van der Waals surface area contributed by atoms with Gasteiger partial charge in [-0.2, -0.15) is 0 Å². The van der Waals surface area contributed by atoms with Gasteiger partial charge in [-0.15, -0.1) is 11.8 Å². The summed E-state index contributed by atoms with van der Waals surface area (Å²) in [6.45, 7) is 6.56. The van der Waals surface area contributed by atoms with Gasteiger partial charge in [0.05, 0.1) is 5.75 Å². The fourth-order valence-electron chi connectivity index (χ4n) is 0.987. The van der Waals surface area contributed by atoms with Crippen molar-refractivity contribution in [3.05, 3.63) is 0 Å². The Bertz CT molecular complexity index is 247. The Morgan fingerprint density at radius 2 is 1.94 bits per heavy atom. The number of thioether (sulfide) groups is 1. The molecule has 17 heavy (non-hydrogen) atoms. The van der Waals surface area contributed by atoms with E-state index in [0.29, 0.717) is 18.9 Å². The average Bonchev–Trinajstić information content (AvgIpc) is 2.24. The summed E-state index contributed by atoms with van der Waals surface area (Å²) in [6, 6.07) is -0.445. The molecule has 3 N–H and O–H groups in total. The Labute approximate surface area is 107 Å². The number of aliphatic hydroxyl groups is 1. The number of urea groups is 1. The van der Waals surface area contributed by atoms with Crippen molar-refractivity contribution < 1.29 is 14.7 Å². The van der Waals surface area contributed by atoms with Crippen LogP contribution in [0.4, 0.5) is 4.79 Å². The van der Waals surface area contributed by atoms with Crippen LogP contribution in [0.3, 0.4) is 0 Å². The number of imide groups is 1. The zero-order chi connectivity index (χ0) is 13.3. The van der Waals surface area contributed by atoms with Crippen LogP contribution in [0.1, 0.15) is 27.2 Å². The molecule has 1 atom stereocenters. The fourth-order valence-corrected chi connectivity index (χ4v) is 1.77. The first-order valence-electron chi connectivity index (χ1n) is 5.75. The van der Waals surface area contributed by atoms with Crippen molar-refractivity contribution in [3.63, 3.8) is 0 Å². The summed E-state index contributed by atoms with van der Waals surface area (Å²) in [6.07, 6.45) is 0.650. The number of amides is 3. The maximum Gasteiger partial charge on any atom is 0.321 e. The van der Waals surface area contributed by atoms with E-state index < -0.39 is 6.03 Å². The molecule has 0 aromatic rings. The summed E-state index contributed by atoms with van der Waals surface area (Å²) in [5, 5.41) is 13.8. The number of aliphatic hydroxyl groups excluding tert-OH is 1. The quantitative estimate of drug-likeness (QED) is 0.639. The van der Waals surface area contributed by atoms with Crippen LogP contribution in [0.2, 0.25) is 0 Å². The van der Waals surface area contributed by atoms with Crippen molar-refractivity contribution in [2.45, 2.75) is 32.4 Å². The van der Waals surface area contributed by atoms with Gasteiger partial charge in [0.1, 0.15) is 0 Å². The highest BCUT2D eigenvalue weighted by atomic mass is 32.2. The highest BCUT2D eigenvalue weighted by Crippen LogP contribution is 2.12. The smallest absolute Gasteiger partial charge is 0.321 e. The highest BCUT2D eigenvalue weighted by molar-refractivity contribution is 8.00. The molecule has 0 radical (unpaired) electrons. The molecule has 0 saturated carbocycles. The van der Waals surface area contributed by atoms with Gasteiger partial charge in [0.25, 0.3) is 0 Å². The summed E-state index contributed by atoms with van der Waals surface area (Å²) >= 11 is 1.42. The minimum Gasteiger partial charge on any atom is -0.396 e. The highest BCUT2D eigenvalue weighted by Gasteiger charge is 2.10. The number of carbonyl (C=O) groups excluding carboxylic acids is 2. The third-order valence-electron chi connectivity index (χ3n) is 1.96. The van der Waals surface area contributed by atoms with Crippen molar-refractivity contribution in [1.82, 2.24) is 10.6 Å². The molecule has 3 amide bonds. The van der Waals surface area contributed by atoms with Crippen molar-refractivity contribution in [2.24, 2.45) is 5.92 Å². The van der Waals surface area contributed by atoms with Crippen LogP contribution in [0.15, 0.2) is 0 Å². The Morgan fingerprint density at radius 3 is 2.47 bits per heavy atom. The van der Waals surface area contributed by atoms with E-state index in [9.17, 15) is 9.59 Å². The molecule has 0 aromatic heterocycles. The topological polar surface area (TPSA) is 78.4 Å². The molecule has 0 fully saturated rings. The van der Waals surface area contributed by atoms with Crippen LogP contribution < -0.4 is 10.6 Å². The van der Waals surface area contributed by atoms with E-state index in [0.717, 1.165) is 0 Å². The molecular formula is C11H22N2O3S. The monoisotopic (exact) mass is 262 g/mol. The number of carbonyl (C=O) groups is 2. The summed E-state index contributed by atoms with van der Waals surface area (Å²) in [5.74, 6) is 0.284. The zero-order valence-electron chi connectivity index (χ0n) is 10.7. The largest absolute Gasteiger partial charge is 0.396 e. The Kier molecular flexibility index (Phi) is 8.89. The molecule has 1 unspecified atom stereocenters. The van der Waals surface area contributed by atoms with Crippen molar-refractivity contribution in [3.8, 4) is 0 Å². The first kappa shape index (κ1) is 16.2. The van der Waals surface area contributed by atoms with E-state index in [2.05, 4.69) is 10.6 Å². The van der Waals surface area contributed by atoms with Crippen molar-refractivity contribution in [1.29, 1.82) is 0 Å². The molecular weight excluding hydrogens is 240 g/mol. The second kappa shape index (κ2) is 9.30. The molecule has 0 bridgehead atoms. The number of hydrogen-bond acceptors (Lipinski definition) is 4. The van der Waals surface area contributed by atoms with Gasteiger partial charge in [0.15, 0.2) is 0 Å². The minimum atomic E-state index is -0.445. The fraction of sp³-hybridized carbons (Fsp3) is 0.818. The van der Waals surface area contributed by atoms with Gasteiger partial charge in [-0.1, -0.05) is 20.8 Å². The number of rotatable bonds is 7. The normalized spacial score (nSPS) is 12.3. The lowest BCUT2D eigenvalue weighted by molar-refractivity contribution is -0.117. The SMILES string of the molecule is CC(C)CNC(=O)NC(=O)CSC(C)CCO. The summed E-state index contributed by atoms with van der Waals surface area (Å²) in [7, 11) is 0. The summed E-state index contributed by atoms with van der Waals surface area (Å²) < 4.78 is 0. The van der Waals surface area contributed by atoms with E-state index in [4.69, 9.17) is 5.11 Å². The van der Waals surface area contributed by atoms with E-state index in [-0.39, 0.29) is 23.5 Å². The minimum absolute atomic E-state index is 0.116. The standard InChI is InChI=1S/C11H22N2O3S/c1-8(2)6-12-11(16)13-10(15)7-17-9(3)4-5-14/h8-9,14H,4-7H2,1-3H3,(H2,12,13,15,16). The summed E-state index contributed by atoms with van der Waals surface area (Å²) in [5.41, 5.74) is 0. The molecule has 6 heteroatoms. The second-order valence-corrected chi connectivity index (χ2v) is 5.71. The molecule has 0 aliphatic carbocycles.